The molecule has 1 heterocycles. The van der Waals surface area contributed by atoms with Crippen molar-refractivity contribution in [1.29, 1.82) is 5.26 Å². The number of hydrogen-bond donors (Lipinski definition) is 1. The fourth-order valence-corrected chi connectivity index (χ4v) is 2.83. The summed E-state index contributed by atoms with van der Waals surface area (Å²) in [5, 5.41) is 11.6. The second kappa shape index (κ2) is 11.5. The first-order valence-corrected chi connectivity index (χ1v) is 9.04. The number of nitrogens with zero attached hydrogens (tertiary/aromatic N) is 3. The molecule has 0 aliphatic carbocycles. The molecule has 1 aliphatic rings. The third-order valence-electron chi connectivity index (χ3n) is 4.33. The number of ether oxygens (including phenoxy) is 2. The highest BCUT2D eigenvalue weighted by molar-refractivity contribution is 5.77. The van der Waals surface area contributed by atoms with Gasteiger partial charge in [-0.3, -0.25) is 9.69 Å². The van der Waals surface area contributed by atoms with E-state index in [-0.39, 0.29) is 5.91 Å². The van der Waals surface area contributed by atoms with E-state index < -0.39 is 0 Å². The van der Waals surface area contributed by atoms with Crippen LogP contribution in [0, 0.1) is 11.3 Å². The Morgan fingerprint density at radius 2 is 1.85 bits per heavy atom. The van der Waals surface area contributed by atoms with Crippen LogP contribution in [0.25, 0.3) is 0 Å². The monoisotopic (exact) mass is 360 g/mol. The van der Waals surface area contributed by atoms with Crippen LogP contribution in [0.5, 0.6) is 5.75 Å². The summed E-state index contributed by atoms with van der Waals surface area (Å²) in [5.74, 6) is 0.861. The van der Waals surface area contributed by atoms with E-state index >= 15 is 0 Å². The average Bonchev–Trinajstić information content (AvgIpc) is 2.67. The normalized spacial score (nSPS) is 15.4. The molecule has 1 aliphatic heterocycles. The Hall–Kier alpha value is -2.14. The van der Waals surface area contributed by atoms with Gasteiger partial charge in [0, 0.05) is 46.4 Å². The molecular weight excluding hydrogens is 332 g/mol. The summed E-state index contributed by atoms with van der Waals surface area (Å²) in [5.41, 5.74) is 0.641. The molecular formula is C19H28N4O3. The molecule has 7 nitrogen and oxygen atoms in total. The molecule has 0 radical (unpaired) electrons. The van der Waals surface area contributed by atoms with Gasteiger partial charge in [0.2, 0.25) is 5.91 Å². The average molecular weight is 360 g/mol. The molecule has 1 aromatic carbocycles. The molecule has 1 N–H and O–H groups in total. The number of nitrogens with one attached hydrogen (secondary N) is 1. The molecule has 0 aromatic heterocycles. The van der Waals surface area contributed by atoms with Crippen molar-refractivity contribution in [2.24, 2.45) is 0 Å². The second-order valence-corrected chi connectivity index (χ2v) is 6.30. The van der Waals surface area contributed by atoms with E-state index in [2.05, 4.69) is 21.2 Å². The van der Waals surface area contributed by atoms with Gasteiger partial charge >= 0.3 is 0 Å². The van der Waals surface area contributed by atoms with E-state index in [1.165, 1.54) is 0 Å². The molecule has 0 spiro atoms. The Morgan fingerprint density at radius 1 is 1.15 bits per heavy atom. The van der Waals surface area contributed by atoms with Gasteiger partial charge in [0.15, 0.2) is 0 Å². The molecule has 2 rings (SSSR count). The summed E-state index contributed by atoms with van der Waals surface area (Å²) in [6.07, 6.45) is 0.956. The molecule has 26 heavy (non-hydrogen) atoms. The zero-order valence-electron chi connectivity index (χ0n) is 15.4. The lowest BCUT2D eigenvalue weighted by Gasteiger charge is -2.34. The van der Waals surface area contributed by atoms with Crippen LogP contribution in [0.15, 0.2) is 24.3 Å². The van der Waals surface area contributed by atoms with Crippen molar-refractivity contribution in [3.05, 3.63) is 29.8 Å². The van der Waals surface area contributed by atoms with Gasteiger partial charge in [-0.25, -0.2) is 0 Å². The van der Waals surface area contributed by atoms with Crippen molar-refractivity contribution < 1.29 is 14.3 Å². The number of hydrogen-bond acceptors (Lipinski definition) is 6. The number of rotatable bonds is 10. The van der Waals surface area contributed by atoms with Crippen LogP contribution >= 0.6 is 0 Å². The molecule has 142 valence electrons. The fraction of sp³-hybridized carbons (Fsp3) is 0.579. The van der Waals surface area contributed by atoms with Crippen LogP contribution in [0.1, 0.15) is 12.0 Å². The fourth-order valence-electron chi connectivity index (χ4n) is 2.83. The number of methoxy groups -OCH3 is 1. The quantitative estimate of drug-likeness (QED) is 0.619. The van der Waals surface area contributed by atoms with Crippen LogP contribution < -0.4 is 10.1 Å². The lowest BCUT2D eigenvalue weighted by atomic mass is 10.2. The number of amides is 1. The van der Waals surface area contributed by atoms with Crippen molar-refractivity contribution in [3.8, 4) is 11.8 Å². The highest BCUT2D eigenvalue weighted by Gasteiger charge is 2.18. The van der Waals surface area contributed by atoms with Crippen molar-refractivity contribution >= 4 is 5.91 Å². The third kappa shape index (κ3) is 7.40. The Balaban J connectivity index is 1.54. The van der Waals surface area contributed by atoms with Gasteiger partial charge in [0.25, 0.3) is 0 Å². The molecule has 1 aromatic rings. The molecule has 1 saturated heterocycles. The molecule has 1 amide bonds. The second-order valence-electron chi connectivity index (χ2n) is 6.30. The van der Waals surface area contributed by atoms with Crippen molar-refractivity contribution in [3.63, 3.8) is 0 Å². The summed E-state index contributed by atoms with van der Waals surface area (Å²) in [6.45, 7) is 6.99. The van der Waals surface area contributed by atoms with Crippen molar-refractivity contribution in [1.82, 2.24) is 15.1 Å². The van der Waals surface area contributed by atoms with E-state index in [0.29, 0.717) is 31.9 Å². The van der Waals surface area contributed by atoms with Crippen LogP contribution in [0.2, 0.25) is 0 Å². The lowest BCUT2D eigenvalue weighted by molar-refractivity contribution is -0.122. The minimum absolute atomic E-state index is 0.0614. The molecule has 1 fully saturated rings. The summed E-state index contributed by atoms with van der Waals surface area (Å²) < 4.78 is 10.6. The Morgan fingerprint density at radius 3 is 2.50 bits per heavy atom. The summed E-state index contributed by atoms with van der Waals surface area (Å²) in [6, 6.07) is 9.28. The van der Waals surface area contributed by atoms with Gasteiger partial charge in [-0.1, -0.05) is 0 Å². The Kier molecular flexibility index (Phi) is 8.90. The van der Waals surface area contributed by atoms with Gasteiger partial charge in [-0.2, -0.15) is 5.26 Å². The maximum atomic E-state index is 11.8. The highest BCUT2D eigenvalue weighted by atomic mass is 16.5. The van der Waals surface area contributed by atoms with Gasteiger partial charge in [-0.05, 0) is 30.7 Å². The number of benzene rings is 1. The standard InChI is InChI=1S/C19H28N4O3/c1-25-14-7-21-19(24)16-23-11-9-22(10-12-23)8-2-13-26-18-5-3-17(15-20)4-6-18/h3-6H,2,7-14,16H2,1H3,(H,21,24). The third-order valence-corrected chi connectivity index (χ3v) is 4.33. The maximum absolute atomic E-state index is 11.8. The first kappa shape index (κ1) is 20.2. The number of nitriles is 1. The topological polar surface area (TPSA) is 77.8 Å². The van der Waals surface area contributed by atoms with E-state index in [1.54, 1.807) is 19.2 Å². The highest BCUT2D eigenvalue weighted by Crippen LogP contribution is 2.12. The van der Waals surface area contributed by atoms with Gasteiger partial charge in [0.05, 0.1) is 31.4 Å². The minimum Gasteiger partial charge on any atom is -0.494 e. The van der Waals surface area contributed by atoms with Crippen LogP contribution in [-0.4, -0.2) is 81.8 Å². The molecule has 0 unspecified atom stereocenters. The maximum Gasteiger partial charge on any atom is 0.234 e. The first-order valence-electron chi connectivity index (χ1n) is 9.04. The smallest absolute Gasteiger partial charge is 0.234 e. The lowest BCUT2D eigenvalue weighted by Crippen LogP contribution is -2.49. The number of carbonyl (C=O) groups is 1. The summed E-state index contributed by atoms with van der Waals surface area (Å²) >= 11 is 0. The predicted octanol–water partition coefficient (Wildman–Crippen LogP) is 0.707. The molecule has 7 heteroatoms. The van der Waals surface area contributed by atoms with Gasteiger partial charge in [0.1, 0.15) is 5.75 Å². The zero-order chi connectivity index (χ0) is 18.6. The van der Waals surface area contributed by atoms with E-state index in [1.807, 2.05) is 12.1 Å². The molecule has 0 bridgehead atoms. The van der Waals surface area contributed by atoms with Crippen LogP contribution in [0.4, 0.5) is 0 Å². The first-order chi connectivity index (χ1) is 12.7. The minimum atomic E-state index is 0.0614. The van der Waals surface area contributed by atoms with Crippen molar-refractivity contribution in [2.75, 3.05) is 66.1 Å². The van der Waals surface area contributed by atoms with Crippen molar-refractivity contribution in [2.45, 2.75) is 6.42 Å². The van der Waals surface area contributed by atoms with E-state index in [4.69, 9.17) is 14.7 Å². The Labute approximate surface area is 155 Å². The zero-order valence-corrected chi connectivity index (χ0v) is 15.4. The predicted molar refractivity (Wildman–Crippen MR) is 99.0 cm³/mol. The Bertz CT molecular complexity index is 577. The van der Waals surface area contributed by atoms with Crippen LogP contribution in [-0.2, 0) is 9.53 Å². The van der Waals surface area contributed by atoms with Gasteiger partial charge < -0.3 is 19.7 Å². The van der Waals surface area contributed by atoms with Gasteiger partial charge in [-0.15, -0.1) is 0 Å². The van der Waals surface area contributed by atoms with Crippen LogP contribution in [0.3, 0.4) is 0 Å². The SMILES string of the molecule is COCCNC(=O)CN1CCN(CCCOc2ccc(C#N)cc2)CC1. The number of piperazine rings is 1. The van der Waals surface area contributed by atoms with E-state index in [9.17, 15) is 4.79 Å². The summed E-state index contributed by atoms with van der Waals surface area (Å²) in [4.78, 5) is 16.4. The summed E-state index contributed by atoms with van der Waals surface area (Å²) in [7, 11) is 1.63. The largest absolute Gasteiger partial charge is 0.494 e. The number of carbonyl (C=O) groups excluding carboxylic acids is 1. The molecule has 0 atom stereocenters. The molecule has 0 saturated carbocycles. The van der Waals surface area contributed by atoms with E-state index in [0.717, 1.165) is 44.9 Å².